The molecule has 0 amide bonds. The zero-order valence-corrected chi connectivity index (χ0v) is 16.2. The Hall–Kier alpha value is -2.72. The first-order chi connectivity index (χ1) is 12.6. The zero-order chi connectivity index (χ0) is 18.1. The third-order valence-corrected chi connectivity index (χ3v) is 4.67. The van der Waals surface area contributed by atoms with Gasteiger partial charge in [-0.15, -0.1) is 0 Å². The van der Waals surface area contributed by atoms with Crippen LogP contribution in [0.3, 0.4) is 0 Å². The Kier molecular flexibility index (Phi) is 4.43. The highest BCUT2D eigenvalue weighted by Crippen LogP contribution is 2.30. The molecule has 26 heavy (non-hydrogen) atoms. The number of anilines is 2. The third-order valence-electron chi connectivity index (χ3n) is 4.17. The Balaban J connectivity index is 1.89. The Bertz CT molecular complexity index is 1070. The maximum Gasteiger partial charge on any atom is 0.162 e. The summed E-state index contributed by atoms with van der Waals surface area (Å²) in [4.78, 5) is 9.58. The molecule has 0 saturated carbocycles. The van der Waals surface area contributed by atoms with Gasteiger partial charge in [0.1, 0.15) is 5.82 Å². The number of hydrogen-bond acceptors (Lipinski definition) is 3. The summed E-state index contributed by atoms with van der Waals surface area (Å²) in [5, 5.41) is 4.48. The molecule has 0 aliphatic carbocycles. The smallest absolute Gasteiger partial charge is 0.162 e. The zero-order valence-electron chi connectivity index (χ0n) is 14.6. The summed E-state index contributed by atoms with van der Waals surface area (Å²) < 4.78 is 1.00. The lowest BCUT2D eigenvalue weighted by atomic mass is 10.1. The van der Waals surface area contributed by atoms with E-state index < -0.39 is 0 Å². The summed E-state index contributed by atoms with van der Waals surface area (Å²) in [5.74, 6) is 1.52. The second-order valence-corrected chi connectivity index (χ2v) is 7.34. The van der Waals surface area contributed by atoms with Gasteiger partial charge in [0, 0.05) is 21.1 Å². The average molecular weight is 404 g/mol. The van der Waals surface area contributed by atoms with E-state index in [9.17, 15) is 0 Å². The van der Waals surface area contributed by atoms with Crippen LogP contribution in [-0.2, 0) is 0 Å². The molecule has 1 heterocycles. The van der Waals surface area contributed by atoms with Crippen molar-refractivity contribution in [2.75, 3.05) is 5.32 Å². The molecule has 0 radical (unpaired) electrons. The number of aromatic nitrogens is 2. The number of nitrogens with zero attached hydrogens (tertiary/aromatic N) is 2. The number of rotatable bonds is 3. The molecule has 0 spiro atoms. The molecule has 0 fully saturated rings. The average Bonchev–Trinajstić information content (AvgIpc) is 2.62. The minimum atomic E-state index is 0.715. The Morgan fingerprint density at radius 3 is 2.27 bits per heavy atom. The van der Waals surface area contributed by atoms with E-state index in [1.807, 2.05) is 42.5 Å². The lowest BCUT2D eigenvalue weighted by Crippen LogP contribution is -2.00. The Labute approximate surface area is 161 Å². The van der Waals surface area contributed by atoms with Crippen molar-refractivity contribution in [3.8, 4) is 11.4 Å². The second-order valence-electron chi connectivity index (χ2n) is 6.42. The van der Waals surface area contributed by atoms with Gasteiger partial charge in [-0.05, 0) is 55.3 Å². The van der Waals surface area contributed by atoms with Gasteiger partial charge in [0.05, 0.1) is 5.52 Å². The number of aryl methyl sites for hydroxylation is 2. The summed E-state index contributed by atoms with van der Waals surface area (Å²) in [6.07, 6.45) is 0. The van der Waals surface area contributed by atoms with Crippen LogP contribution in [0.25, 0.3) is 22.3 Å². The van der Waals surface area contributed by atoms with Gasteiger partial charge < -0.3 is 5.32 Å². The van der Waals surface area contributed by atoms with E-state index in [1.165, 1.54) is 11.1 Å². The molecule has 3 aromatic carbocycles. The van der Waals surface area contributed by atoms with Gasteiger partial charge in [-0.1, -0.05) is 52.3 Å². The number of halogens is 1. The van der Waals surface area contributed by atoms with E-state index >= 15 is 0 Å². The van der Waals surface area contributed by atoms with Crippen LogP contribution in [-0.4, -0.2) is 9.97 Å². The highest BCUT2D eigenvalue weighted by molar-refractivity contribution is 9.10. The maximum atomic E-state index is 4.82. The van der Waals surface area contributed by atoms with Crippen LogP contribution >= 0.6 is 15.9 Å². The Morgan fingerprint density at radius 2 is 1.54 bits per heavy atom. The first-order valence-corrected chi connectivity index (χ1v) is 9.26. The second kappa shape index (κ2) is 6.89. The minimum absolute atomic E-state index is 0.715. The highest BCUT2D eigenvalue weighted by Gasteiger charge is 2.11. The predicted octanol–water partition coefficient (Wildman–Crippen LogP) is 6.42. The third kappa shape index (κ3) is 3.46. The van der Waals surface area contributed by atoms with E-state index in [2.05, 4.69) is 59.4 Å². The number of fused-ring (bicyclic) bond motifs is 1. The molecule has 4 aromatic rings. The standard InChI is InChI=1S/C22H18BrN3/c1-14-10-15(2)12-18(11-14)24-22-19-13-17(23)8-9-20(19)25-21(26-22)16-6-4-3-5-7-16/h3-13H,1-2H3,(H,24,25,26). The molecular formula is C22H18BrN3. The van der Waals surface area contributed by atoms with Crippen LogP contribution in [0.15, 0.2) is 71.2 Å². The fourth-order valence-electron chi connectivity index (χ4n) is 3.10. The molecule has 0 atom stereocenters. The van der Waals surface area contributed by atoms with E-state index in [-0.39, 0.29) is 0 Å². The van der Waals surface area contributed by atoms with E-state index in [1.54, 1.807) is 0 Å². The van der Waals surface area contributed by atoms with Crippen molar-refractivity contribution >= 4 is 38.3 Å². The molecule has 4 heteroatoms. The predicted molar refractivity (Wildman–Crippen MR) is 112 cm³/mol. The van der Waals surface area contributed by atoms with Gasteiger partial charge in [-0.25, -0.2) is 9.97 Å². The summed E-state index contributed by atoms with van der Waals surface area (Å²) in [7, 11) is 0. The summed E-state index contributed by atoms with van der Waals surface area (Å²) >= 11 is 3.56. The minimum Gasteiger partial charge on any atom is -0.340 e. The van der Waals surface area contributed by atoms with Crippen LogP contribution in [0.1, 0.15) is 11.1 Å². The number of benzene rings is 3. The molecule has 0 aliphatic heterocycles. The van der Waals surface area contributed by atoms with Crippen LogP contribution in [0.2, 0.25) is 0 Å². The van der Waals surface area contributed by atoms with E-state index in [0.717, 1.165) is 32.4 Å². The molecule has 0 bridgehead atoms. The van der Waals surface area contributed by atoms with Crippen molar-refractivity contribution in [2.45, 2.75) is 13.8 Å². The Morgan fingerprint density at radius 1 is 0.808 bits per heavy atom. The van der Waals surface area contributed by atoms with Crippen LogP contribution < -0.4 is 5.32 Å². The molecule has 128 valence electrons. The molecule has 0 unspecified atom stereocenters. The van der Waals surface area contributed by atoms with Crippen molar-refractivity contribution in [3.63, 3.8) is 0 Å². The molecule has 1 aromatic heterocycles. The first-order valence-electron chi connectivity index (χ1n) is 8.46. The topological polar surface area (TPSA) is 37.8 Å². The van der Waals surface area contributed by atoms with E-state index in [4.69, 9.17) is 9.97 Å². The van der Waals surface area contributed by atoms with Crippen molar-refractivity contribution in [3.05, 3.63) is 82.3 Å². The summed E-state index contributed by atoms with van der Waals surface area (Å²) in [5.41, 5.74) is 5.38. The molecule has 0 aliphatic rings. The lowest BCUT2D eigenvalue weighted by Gasteiger charge is -2.12. The van der Waals surface area contributed by atoms with Gasteiger partial charge in [0.2, 0.25) is 0 Å². The van der Waals surface area contributed by atoms with Crippen LogP contribution in [0.5, 0.6) is 0 Å². The first kappa shape index (κ1) is 16.7. The van der Waals surface area contributed by atoms with Gasteiger partial charge in [0.25, 0.3) is 0 Å². The molecule has 4 rings (SSSR count). The maximum absolute atomic E-state index is 4.82. The molecule has 1 N–H and O–H groups in total. The van der Waals surface area contributed by atoms with Crippen molar-refractivity contribution in [1.29, 1.82) is 0 Å². The van der Waals surface area contributed by atoms with Crippen LogP contribution in [0, 0.1) is 13.8 Å². The summed E-state index contributed by atoms with van der Waals surface area (Å²) in [6, 6.07) is 22.5. The summed E-state index contributed by atoms with van der Waals surface area (Å²) in [6.45, 7) is 4.20. The quantitative estimate of drug-likeness (QED) is 0.428. The normalized spacial score (nSPS) is 10.9. The van der Waals surface area contributed by atoms with Crippen molar-refractivity contribution < 1.29 is 0 Å². The fraction of sp³-hybridized carbons (Fsp3) is 0.0909. The largest absolute Gasteiger partial charge is 0.340 e. The van der Waals surface area contributed by atoms with Gasteiger partial charge in [-0.3, -0.25) is 0 Å². The van der Waals surface area contributed by atoms with Crippen LogP contribution in [0.4, 0.5) is 11.5 Å². The lowest BCUT2D eigenvalue weighted by molar-refractivity contribution is 1.22. The van der Waals surface area contributed by atoms with Gasteiger partial charge in [-0.2, -0.15) is 0 Å². The molecule has 3 nitrogen and oxygen atoms in total. The van der Waals surface area contributed by atoms with Gasteiger partial charge in [0.15, 0.2) is 5.82 Å². The van der Waals surface area contributed by atoms with Gasteiger partial charge >= 0.3 is 0 Å². The number of hydrogen-bond donors (Lipinski definition) is 1. The SMILES string of the molecule is Cc1cc(C)cc(Nc2nc(-c3ccccc3)nc3ccc(Br)cc23)c1. The van der Waals surface area contributed by atoms with Crippen molar-refractivity contribution in [1.82, 2.24) is 9.97 Å². The molecule has 0 saturated heterocycles. The highest BCUT2D eigenvalue weighted by atomic mass is 79.9. The fourth-order valence-corrected chi connectivity index (χ4v) is 3.46. The monoisotopic (exact) mass is 403 g/mol. The van der Waals surface area contributed by atoms with Crippen molar-refractivity contribution in [2.24, 2.45) is 0 Å². The number of nitrogens with one attached hydrogen (secondary N) is 1. The molecular weight excluding hydrogens is 386 g/mol. The van der Waals surface area contributed by atoms with E-state index in [0.29, 0.717) is 5.82 Å².